The van der Waals surface area contributed by atoms with Crippen LogP contribution < -0.4 is 4.90 Å². The zero-order valence-electron chi connectivity index (χ0n) is 23.5. The van der Waals surface area contributed by atoms with Crippen molar-refractivity contribution in [1.82, 2.24) is 9.80 Å². The summed E-state index contributed by atoms with van der Waals surface area (Å²) < 4.78 is 6.31. The number of carbonyl (C=O) groups excluding carboxylic acids is 2. The van der Waals surface area contributed by atoms with Crippen LogP contribution in [-0.4, -0.2) is 59.9 Å². The van der Waals surface area contributed by atoms with Crippen molar-refractivity contribution in [3.63, 3.8) is 0 Å². The first-order chi connectivity index (χ1) is 19.9. The van der Waals surface area contributed by atoms with E-state index in [-0.39, 0.29) is 24.0 Å². The summed E-state index contributed by atoms with van der Waals surface area (Å²) in [5.74, 6) is 0.353. The standard InChI is InChI=1S/C34H36ClN3O3/c1-24-5-4-6-26(21-24)23-38-30-7-2-3-8-31(30)41-32(34(38)40)22-25-9-11-27(12-10-25)33(39)37-19-17-36(18-20-37)29-15-13-28(35)14-16-29/h4-6,9-16,21-22,30-31H,2-3,7-8,17-20,23H2,1H3/b32-22+. The lowest BCUT2D eigenvalue weighted by Crippen LogP contribution is -2.54. The molecule has 0 bridgehead atoms. The van der Waals surface area contributed by atoms with Gasteiger partial charge in [-0.05, 0) is 79.8 Å². The van der Waals surface area contributed by atoms with Crippen LogP contribution in [0, 0.1) is 6.92 Å². The molecule has 2 saturated heterocycles. The van der Waals surface area contributed by atoms with Crippen molar-refractivity contribution in [3.05, 3.63) is 106 Å². The van der Waals surface area contributed by atoms with E-state index in [1.165, 1.54) is 5.56 Å². The lowest BCUT2D eigenvalue weighted by Gasteiger charge is -2.44. The second kappa shape index (κ2) is 12.0. The highest BCUT2D eigenvalue weighted by atomic mass is 35.5. The summed E-state index contributed by atoms with van der Waals surface area (Å²) in [5.41, 5.74) is 4.95. The molecule has 3 aliphatic rings. The lowest BCUT2D eigenvalue weighted by atomic mass is 9.89. The fourth-order valence-corrected chi connectivity index (χ4v) is 6.37. The van der Waals surface area contributed by atoms with Crippen molar-refractivity contribution >= 4 is 35.2 Å². The normalized spacial score (nSPS) is 22.0. The molecular formula is C34H36ClN3O3. The Morgan fingerprint density at radius 3 is 2.41 bits per heavy atom. The Bertz CT molecular complexity index is 1430. The monoisotopic (exact) mass is 569 g/mol. The molecule has 6 rings (SSSR count). The number of halogens is 1. The van der Waals surface area contributed by atoms with E-state index >= 15 is 0 Å². The van der Waals surface area contributed by atoms with Gasteiger partial charge < -0.3 is 19.4 Å². The molecule has 0 radical (unpaired) electrons. The van der Waals surface area contributed by atoms with Crippen LogP contribution in [0.5, 0.6) is 0 Å². The highest BCUT2D eigenvalue weighted by molar-refractivity contribution is 6.30. The van der Waals surface area contributed by atoms with Gasteiger partial charge in [-0.25, -0.2) is 0 Å². The number of amides is 2. The number of nitrogens with zero attached hydrogens (tertiary/aromatic N) is 3. The third kappa shape index (κ3) is 6.13. The molecule has 212 valence electrons. The molecule has 0 spiro atoms. The maximum atomic E-state index is 13.7. The number of anilines is 1. The predicted molar refractivity (Wildman–Crippen MR) is 163 cm³/mol. The zero-order valence-corrected chi connectivity index (χ0v) is 24.2. The average Bonchev–Trinajstić information content (AvgIpc) is 3.00. The van der Waals surface area contributed by atoms with E-state index in [0.29, 0.717) is 31.0 Å². The molecule has 7 heteroatoms. The molecule has 0 aromatic heterocycles. The number of carbonyl (C=O) groups is 2. The Labute approximate surface area is 247 Å². The summed E-state index contributed by atoms with van der Waals surface area (Å²) in [6, 6.07) is 23.8. The third-order valence-corrected chi connectivity index (χ3v) is 8.72. The van der Waals surface area contributed by atoms with Gasteiger partial charge in [-0.15, -0.1) is 0 Å². The van der Waals surface area contributed by atoms with E-state index in [9.17, 15) is 9.59 Å². The fourth-order valence-electron chi connectivity index (χ4n) is 6.24. The van der Waals surface area contributed by atoms with Gasteiger partial charge in [-0.3, -0.25) is 9.59 Å². The summed E-state index contributed by atoms with van der Waals surface area (Å²) in [6.07, 6.45) is 6.01. The molecule has 3 aromatic carbocycles. The molecule has 3 fully saturated rings. The SMILES string of the molecule is Cc1cccc(CN2C(=O)/C(=C\c3ccc(C(=O)N4CCN(c5ccc(Cl)cc5)CC4)cc3)OC3CCCCC32)c1. The van der Waals surface area contributed by atoms with Crippen molar-refractivity contribution in [2.75, 3.05) is 31.1 Å². The van der Waals surface area contributed by atoms with Gasteiger partial charge >= 0.3 is 0 Å². The highest BCUT2D eigenvalue weighted by Crippen LogP contribution is 2.34. The number of morpholine rings is 1. The highest BCUT2D eigenvalue weighted by Gasteiger charge is 2.41. The first-order valence-electron chi connectivity index (χ1n) is 14.6. The van der Waals surface area contributed by atoms with Crippen LogP contribution in [-0.2, 0) is 16.1 Å². The minimum Gasteiger partial charge on any atom is -0.482 e. The fraction of sp³-hybridized carbons (Fsp3) is 0.353. The molecule has 41 heavy (non-hydrogen) atoms. The number of piperazine rings is 1. The van der Waals surface area contributed by atoms with E-state index in [1.807, 2.05) is 70.5 Å². The molecule has 2 heterocycles. The largest absolute Gasteiger partial charge is 0.482 e. The van der Waals surface area contributed by atoms with E-state index in [2.05, 4.69) is 30.0 Å². The van der Waals surface area contributed by atoms with Crippen molar-refractivity contribution in [3.8, 4) is 0 Å². The number of fused-ring (bicyclic) bond motifs is 1. The zero-order chi connectivity index (χ0) is 28.3. The maximum Gasteiger partial charge on any atom is 0.289 e. The number of aryl methyl sites for hydroxylation is 1. The van der Waals surface area contributed by atoms with E-state index in [4.69, 9.17) is 16.3 Å². The van der Waals surface area contributed by atoms with Gasteiger partial charge in [0.25, 0.3) is 11.8 Å². The number of ether oxygens (including phenoxy) is 1. The quantitative estimate of drug-likeness (QED) is 0.337. The van der Waals surface area contributed by atoms with Crippen molar-refractivity contribution in [1.29, 1.82) is 0 Å². The first kappa shape index (κ1) is 27.4. The number of hydrogen-bond acceptors (Lipinski definition) is 4. The Morgan fingerprint density at radius 1 is 0.951 bits per heavy atom. The molecular weight excluding hydrogens is 534 g/mol. The van der Waals surface area contributed by atoms with Gasteiger partial charge in [0, 0.05) is 49.0 Å². The average molecular weight is 570 g/mol. The number of benzene rings is 3. The van der Waals surface area contributed by atoms with Gasteiger partial charge in [-0.1, -0.05) is 60.0 Å². The van der Waals surface area contributed by atoms with E-state index in [0.717, 1.165) is 60.6 Å². The second-order valence-electron chi connectivity index (χ2n) is 11.3. The Hall–Kier alpha value is -3.77. The lowest BCUT2D eigenvalue weighted by molar-refractivity contribution is -0.149. The van der Waals surface area contributed by atoms with Crippen molar-refractivity contribution in [2.45, 2.75) is 51.3 Å². The molecule has 2 atom stereocenters. The molecule has 6 nitrogen and oxygen atoms in total. The molecule has 3 aromatic rings. The Morgan fingerprint density at radius 2 is 1.68 bits per heavy atom. The minimum atomic E-state index is -0.0617. The molecule has 2 aliphatic heterocycles. The van der Waals surface area contributed by atoms with Crippen LogP contribution in [0.4, 0.5) is 5.69 Å². The summed E-state index contributed by atoms with van der Waals surface area (Å²) >= 11 is 6.02. The van der Waals surface area contributed by atoms with Gasteiger partial charge in [-0.2, -0.15) is 0 Å². The van der Waals surface area contributed by atoms with Gasteiger partial charge in [0.2, 0.25) is 0 Å². The maximum absolute atomic E-state index is 13.7. The van der Waals surface area contributed by atoms with Crippen LogP contribution in [0.1, 0.15) is 52.7 Å². The first-order valence-corrected chi connectivity index (χ1v) is 15.0. The summed E-state index contributed by atoms with van der Waals surface area (Å²) in [6.45, 7) is 5.54. The van der Waals surface area contributed by atoms with Crippen LogP contribution in [0.25, 0.3) is 6.08 Å². The topological polar surface area (TPSA) is 53.1 Å². The number of rotatable bonds is 5. The van der Waals surface area contributed by atoms with Crippen LogP contribution in [0.2, 0.25) is 5.02 Å². The minimum absolute atomic E-state index is 0.0184. The Kier molecular flexibility index (Phi) is 8.02. The third-order valence-electron chi connectivity index (χ3n) is 8.47. The van der Waals surface area contributed by atoms with Crippen LogP contribution in [0.3, 0.4) is 0 Å². The molecule has 2 unspecified atom stereocenters. The molecule has 1 saturated carbocycles. The van der Waals surface area contributed by atoms with Crippen LogP contribution in [0.15, 0.2) is 78.6 Å². The Balaban J connectivity index is 1.13. The number of hydrogen-bond donors (Lipinski definition) is 0. The van der Waals surface area contributed by atoms with Crippen LogP contribution >= 0.6 is 11.6 Å². The van der Waals surface area contributed by atoms with E-state index in [1.54, 1.807) is 0 Å². The van der Waals surface area contributed by atoms with E-state index < -0.39 is 0 Å². The summed E-state index contributed by atoms with van der Waals surface area (Å²) in [7, 11) is 0. The summed E-state index contributed by atoms with van der Waals surface area (Å²) in [5, 5.41) is 0.721. The smallest absolute Gasteiger partial charge is 0.289 e. The summed E-state index contributed by atoms with van der Waals surface area (Å²) in [4.78, 5) is 33.1. The molecule has 0 N–H and O–H groups in total. The van der Waals surface area contributed by atoms with Gasteiger partial charge in [0.15, 0.2) is 5.76 Å². The van der Waals surface area contributed by atoms with Crippen molar-refractivity contribution < 1.29 is 14.3 Å². The van der Waals surface area contributed by atoms with Gasteiger partial charge in [0.05, 0.1) is 6.04 Å². The molecule has 2 amide bonds. The van der Waals surface area contributed by atoms with Gasteiger partial charge in [0.1, 0.15) is 6.10 Å². The molecule has 1 aliphatic carbocycles. The van der Waals surface area contributed by atoms with Crippen molar-refractivity contribution in [2.24, 2.45) is 0 Å². The second-order valence-corrected chi connectivity index (χ2v) is 11.8. The predicted octanol–water partition coefficient (Wildman–Crippen LogP) is 6.32.